The van der Waals surface area contributed by atoms with E-state index in [4.69, 9.17) is 0 Å². The molecule has 4 saturated carbocycles. The number of aryl methyl sites for hydroxylation is 1. The summed E-state index contributed by atoms with van der Waals surface area (Å²) < 4.78 is 2.05. The lowest BCUT2D eigenvalue weighted by molar-refractivity contribution is -0.156. The van der Waals surface area contributed by atoms with Crippen LogP contribution >= 0.6 is 11.3 Å². The summed E-state index contributed by atoms with van der Waals surface area (Å²) >= 11 is 1.63. The van der Waals surface area contributed by atoms with E-state index in [0.29, 0.717) is 18.4 Å². The number of aromatic nitrogens is 4. The van der Waals surface area contributed by atoms with Crippen LogP contribution in [0.3, 0.4) is 0 Å². The summed E-state index contributed by atoms with van der Waals surface area (Å²) in [7, 11) is 0. The lowest BCUT2D eigenvalue weighted by Gasteiger charge is -2.60. The van der Waals surface area contributed by atoms with Gasteiger partial charge in [-0.15, -0.1) is 11.3 Å². The van der Waals surface area contributed by atoms with E-state index in [0.717, 1.165) is 42.8 Å². The fraction of sp³-hybridized carbons (Fsp3) is 0.667. The molecule has 2 aromatic heterocycles. The molecule has 1 amide bonds. The van der Waals surface area contributed by atoms with E-state index in [-0.39, 0.29) is 16.9 Å². The molecule has 25 heavy (non-hydrogen) atoms. The quantitative estimate of drug-likeness (QED) is 0.913. The molecule has 2 heterocycles. The first kappa shape index (κ1) is 15.5. The van der Waals surface area contributed by atoms with Gasteiger partial charge in [-0.25, -0.2) is 14.6 Å². The lowest BCUT2D eigenvalue weighted by atomic mass is 9.46. The van der Waals surface area contributed by atoms with Gasteiger partial charge in [0.1, 0.15) is 12.7 Å². The number of amides is 1. The Hall–Kier alpha value is -1.76. The van der Waals surface area contributed by atoms with Gasteiger partial charge in [0.2, 0.25) is 5.91 Å². The smallest absolute Gasteiger partial charge is 0.226 e. The van der Waals surface area contributed by atoms with Gasteiger partial charge in [0, 0.05) is 5.38 Å². The van der Waals surface area contributed by atoms with E-state index in [1.807, 2.05) is 18.6 Å². The number of nitrogens with one attached hydrogen (secondary N) is 1. The predicted octanol–water partition coefficient (Wildman–Crippen LogP) is 2.65. The van der Waals surface area contributed by atoms with E-state index >= 15 is 0 Å². The third-order valence-corrected chi connectivity index (χ3v) is 7.34. The van der Waals surface area contributed by atoms with Crippen LogP contribution in [0.2, 0.25) is 0 Å². The van der Waals surface area contributed by atoms with Gasteiger partial charge in [-0.2, -0.15) is 5.10 Å². The maximum Gasteiger partial charge on any atom is 0.226 e. The third-order valence-electron chi connectivity index (χ3n) is 6.51. The molecule has 6 rings (SSSR count). The van der Waals surface area contributed by atoms with Gasteiger partial charge < -0.3 is 5.32 Å². The first-order valence-corrected chi connectivity index (χ1v) is 9.99. The second-order valence-corrected chi connectivity index (χ2v) is 9.41. The van der Waals surface area contributed by atoms with E-state index < -0.39 is 0 Å². The zero-order valence-corrected chi connectivity index (χ0v) is 15.3. The standard InChI is InChI=1S/C18H23N5OS/c1-12-22-15(8-25-12)7-20-16(24)17-3-13-2-14(4-17)6-18(5-13,9-17)23-11-19-10-21-23/h8,10-11,13-14H,2-7,9H2,1H3,(H,20,24)/t13-,14+,17?,18?. The van der Waals surface area contributed by atoms with Crippen molar-refractivity contribution in [2.75, 3.05) is 0 Å². The molecule has 4 aliphatic rings. The Morgan fingerprint density at radius 1 is 1.36 bits per heavy atom. The average molecular weight is 357 g/mol. The van der Waals surface area contributed by atoms with Crippen molar-refractivity contribution in [1.29, 1.82) is 0 Å². The molecule has 4 aliphatic carbocycles. The van der Waals surface area contributed by atoms with Gasteiger partial charge in [0.25, 0.3) is 0 Å². The topological polar surface area (TPSA) is 72.7 Å². The maximum absolute atomic E-state index is 13.2. The van der Waals surface area contributed by atoms with Crippen molar-refractivity contribution in [2.24, 2.45) is 17.3 Å². The monoisotopic (exact) mass is 357 g/mol. The van der Waals surface area contributed by atoms with Crippen molar-refractivity contribution < 1.29 is 4.79 Å². The predicted molar refractivity (Wildman–Crippen MR) is 93.8 cm³/mol. The first-order chi connectivity index (χ1) is 12.1. The summed E-state index contributed by atoms with van der Waals surface area (Å²) in [5, 5.41) is 10.7. The van der Waals surface area contributed by atoms with Crippen LogP contribution in [0, 0.1) is 24.2 Å². The molecule has 7 heteroatoms. The summed E-state index contributed by atoms with van der Waals surface area (Å²) in [4.78, 5) is 21.8. The Kier molecular flexibility index (Phi) is 3.33. The highest BCUT2D eigenvalue weighted by Crippen LogP contribution is 2.64. The summed E-state index contributed by atoms with van der Waals surface area (Å²) in [6, 6.07) is 0. The SMILES string of the molecule is Cc1nc(CNC(=O)C23C[C@H]4C[C@@H](C2)CC(n2cncn2)(C4)C3)cs1. The average Bonchev–Trinajstić information content (AvgIpc) is 3.23. The maximum atomic E-state index is 13.2. The molecule has 6 nitrogen and oxygen atoms in total. The van der Waals surface area contributed by atoms with E-state index in [9.17, 15) is 4.79 Å². The molecule has 2 unspecified atom stereocenters. The Morgan fingerprint density at radius 2 is 2.16 bits per heavy atom. The van der Waals surface area contributed by atoms with Gasteiger partial charge in [-0.05, 0) is 57.3 Å². The van der Waals surface area contributed by atoms with Crippen LogP contribution in [-0.4, -0.2) is 25.7 Å². The van der Waals surface area contributed by atoms with Crippen LogP contribution in [0.1, 0.15) is 49.2 Å². The largest absolute Gasteiger partial charge is 0.350 e. The minimum atomic E-state index is -0.235. The number of thiazole rings is 1. The normalized spacial score (nSPS) is 35.9. The van der Waals surface area contributed by atoms with Gasteiger partial charge in [0.05, 0.1) is 28.2 Å². The Bertz CT molecular complexity index is 784. The van der Waals surface area contributed by atoms with Crippen LogP contribution in [-0.2, 0) is 16.9 Å². The highest BCUT2D eigenvalue weighted by molar-refractivity contribution is 7.09. The molecule has 2 aromatic rings. The van der Waals surface area contributed by atoms with Crippen molar-refractivity contribution in [3.8, 4) is 0 Å². The van der Waals surface area contributed by atoms with Crippen molar-refractivity contribution in [1.82, 2.24) is 25.1 Å². The van der Waals surface area contributed by atoms with E-state index in [1.54, 1.807) is 17.7 Å². The first-order valence-electron chi connectivity index (χ1n) is 9.11. The number of hydrogen-bond donors (Lipinski definition) is 1. The molecule has 4 fully saturated rings. The second kappa shape index (κ2) is 5.37. The Balaban J connectivity index is 1.40. The van der Waals surface area contributed by atoms with Crippen LogP contribution in [0.5, 0.6) is 0 Å². The van der Waals surface area contributed by atoms with Crippen LogP contribution in [0.15, 0.2) is 18.0 Å². The minimum Gasteiger partial charge on any atom is -0.350 e. The van der Waals surface area contributed by atoms with Gasteiger partial charge in [-0.1, -0.05) is 0 Å². The minimum absolute atomic E-state index is 0.00482. The molecule has 0 spiro atoms. The molecule has 4 atom stereocenters. The molecule has 132 valence electrons. The highest BCUT2D eigenvalue weighted by Gasteiger charge is 2.61. The zero-order chi connectivity index (χ0) is 17.1. The van der Waals surface area contributed by atoms with Gasteiger partial charge in [0.15, 0.2) is 0 Å². The van der Waals surface area contributed by atoms with Crippen LogP contribution in [0.4, 0.5) is 0 Å². The van der Waals surface area contributed by atoms with E-state index in [1.165, 1.54) is 6.42 Å². The van der Waals surface area contributed by atoms with Crippen LogP contribution in [0.25, 0.3) is 0 Å². The number of nitrogens with zero attached hydrogens (tertiary/aromatic N) is 4. The molecule has 0 aromatic carbocycles. The van der Waals surface area contributed by atoms with Crippen LogP contribution < -0.4 is 5.32 Å². The summed E-state index contributed by atoms with van der Waals surface area (Å²) in [6.07, 6.45) is 9.99. The Morgan fingerprint density at radius 3 is 2.80 bits per heavy atom. The summed E-state index contributed by atoms with van der Waals surface area (Å²) in [6.45, 7) is 2.54. The molecule has 0 aliphatic heterocycles. The van der Waals surface area contributed by atoms with Gasteiger partial charge in [-0.3, -0.25) is 4.79 Å². The van der Waals surface area contributed by atoms with Crippen molar-refractivity contribution >= 4 is 17.2 Å². The van der Waals surface area contributed by atoms with E-state index in [2.05, 4.69) is 25.1 Å². The van der Waals surface area contributed by atoms with Crippen molar-refractivity contribution in [3.63, 3.8) is 0 Å². The Labute approximate surface area is 151 Å². The molecule has 0 saturated heterocycles. The van der Waals surface area contributed by atoms with Crippen molar-refractivity contribution in [3.05, 3.63) is 28.7 Å². The number of rotatable bonds is 4. The molecular formula is C18H23N5OS. The fourth-order valence-electron chi connectivity index (χ4n) is 6.05. The lowest BCUT2D eigenvalue weighted by Crippen LogP contribution is -2.61. The zero-order valence-electron chi connectivity index (χ0n) is 14.4. The summed E-state index contributed by atoms with van der Waals surface area (Å²) in [5.74, 6) is 1.49. The second-order valence-electron chi connectivity index (χ2n) is 8.35. The number of hydrogen-bond acceptors (Lipinski definition) is 5. The fourth-order valence-corrected chi connectivity index (χ4v) is 6.66. The number of carbonyl (C=O) groups is 1. The molecule has 4 bridgehead atoms. The molecule has 0 radical (unpaired) electrons. The third kappa shape index (κ3) is 2.43. The summed E-state index contributed by atoms with van der Waals surface area (Å²) in [5.41, 5.74) is 0.725. The molecular weight excluding hydrogens is 334 g/mol. The van der Waals surface area contributed by atoms with Crippen molar-refractivity contribution in [2.45, 2.75) is 57.5 Å². The highest BCUT2D eigenvalue weighted by atomic mass is 32.1. The van der Waals surface area contributed by atoms with Gasteiger partial charge >= 0.3 is 0 Å². The molecule has 1 N–H and O–H groups in total. The number of carbonyl (C=O) groups excluding carboxylic acids is 1.